The number of hydrogen-bond acceptors (Lipinski definition) is 7. The Labute approximate surface area is 124 Å². The van der Waals surface area contributed by atoms with Crippen LogP contribution in [-0.2, 0) is 17.8 Å². The average Bonchev–Trinajstić information content (AvgIpc) is 2.95. The molecule has 0 saturated carbocycles. The van der Waals surface area contributed by atoms with E-state index in [1.54, 1.807) is 0 Å². The van der Waals surface area contributed by atoms with Crippen molar-refractivity contribution in [3.05, 3.63) is 58.3 Å². The van der Waals surface area contributed by atoms with Crippen LogP contribution in [0, 0.1) is 10.1 Å². The van der Waals surface area contributed by atoms with E-state index in [1.165, 1.54) is 0 Å². The fourth-order valence-corrected chi connectivity index (χ4v) is 1.57. The largest absolute Gasteiger partial charge is 0.514 e. The van der Waals surface area contributed by atoms with E-state index >= 15 is 0 Å². The third kappa shape index (κ3) is 4.37. The molecule has 0 unspecified atom stereocenters. The van der Waals surface area contributed by atoms with Gasteiger partial charge in [0.2, 0.25) is 5.91 Å². The Bertz CT molecular complexity index is 683. The molecule has 1 aromatic carbocycles. The first-order valence-corrected chi connectivity index (χ1v) is 6.23. The molecule has 10 nitrogen and oxygen atoms in total. The van der Waals surface area contributed by atoms with Crippen LogP contribution in [0.25, 0.3) is 0 Å². The van der Waals surface area contributed by atoms with E-state index in [0.717, 1.165) is 10.4 Å². The van der Waals surface area contributed by atoms with Gasteiger partial charge in [-0.25, -0.2) is 0 Å². The van der Waals surface area contributed by atoms with Crippen LogP contribution in [-0.4, -0.2) is 31.0 Å². The molecule has 2 N–H and O–H groups in total. The van der Waals surface area contributed by atoms with Crippen molar-refractivity contribution in [3.63, 3.8) is 0 Å². The Morgan fingerprint density at radius 1 is 1.32 bits per heavy atom. The number of nitrogens with zero attached hydrogens (tertiary/aromatic N) is 5. The number of rotatable bonds is 7. The van der Waals surface area contributed by atoms with Gasteiger partial charge in [-0.2, -0.15) is 0 Å². The number of aromatic nitrogens is 4. The van der Waals surface area contributed by atoms with Crippen molar-refractivity contribution in [3.8, 4) is 0 Å². The predicted octanol–water partition coefficient (Wildman–Crippen LogP) is -0.0415. The molecule has 2 aromatic rings. The van der Waals surface area contributed by atoms with Crippen LogP contribution in [0.15, 0.2) is 42.6 Å². The van der Waals surface area contributed by atoms with E-state index < -0.39 is 10.9 Å². The molecule has 22 heavy (non-hydrogen) atoms. The quantitative estimate of drug-likeness (QED) is 0.542. The van der Waals surface area contributed by atoms with Crippen molar-refractivity contribution in [2.75, 3.05) is 0 Å². The van der Waals surface area contributed by atoms with Crippen molar-refractivity contribution in [1.82, 2.24) is 31.1 Å². The summed E-state index contributed by atoms with van der Waals surface area (Å²) in [4.78, 5) is 22.4. The molecule has 0 aliphatic carbocycles. The number of nitrogens with one attached hydrogen (secondary N) is 2. The van der Waals surface area contributed by atoms with E-state index in [0.29, 0.717) is 5.70 Å². The van der Waals surface area contributed by atoms with Crippen molar-refractivity contribution in [2.45, 2.75) is 13.0 Å². The molecule has 0 fully saturated rings. The predicted molar refractivity (Wildman–Crippen MR) is 75.0 cm³/mol. The van der Waals surface area contributed by atoms with Gasteiger partial charge < -0.3 is 15.5 Å². The summed E-state index contributed by atoms with van der Waals surface area (Å²) >= 11 is 0. The second-order valence-corrected chi connectivity index (χ2v) is 4.32. The zero-order valence-electron chi connectivity index (χ0n) is 11.5. The highest BCUT2D eigenvalue weighted by Gasteiger charge is 2.15. The smallest absolute Gasteiger partial charge is 0.390 e. The third-order valence-electron chi connectivity index (χ3n) is 2.52. The maximum absolute atomic E-state index is 11.7. The molecule has 0 aliphatic rings. The molecule has 0 radical (unpaired) electrons. The summed E-state index contributed by atoms with van der Waals surface area (Å²) in [6, 6.07) is 9.24. The normalized spacial score (nSPS) is 10.0. The summed E-state index contributed by atoms with van der Waals surface area (Å²) in [6.07, 6.45) is 0.216. The number of benzene rings is 1. The van der Waals surface area contributed by atoms with Crippen LogP contribution in [0.5, 0.6) is 0 Å². The van der Waals surface area contributed by atoms with Gasteiger partial charge in [0.05, 0.1) is 16.6 Å². The fourth-order valence-electron chi connectivity index (χ4n) is 1.57. The van der Waals surface area contributed by atoms with Gasteiger partial charge in [-0.05, 0) is 10.5 Å². The van der Waals surface area contributed by atoms with Crippen LogP contribution in [0.3, 0.4) is 0 Å². The summed E-state index contributed by atoms with van der Waals surface area (Å²) in [5.41, 5.74) is 6.30. The first-order valence-electron chi connectivity index (χ1n) is 6.23. The highest BCUT2D eigenvalue weighted by molar-refractivity contribution is 5.78. The Morgan fingerprint density at radius 2 is 2.05 bits per heavy atom. The van der Waals surface area contributed by atoms with Gasteiger partial charge in [0.1, 0.15) is 6.54 Å². The van der Waals surface area contributed by atoms with E-state index in [9.17, 15) is 14.9 Å². The number of carbonyl (C=O) groups excluding carboxylic acids is 1. The number of hydrogen-bond donors (Lipinski definition) is 2. The maximum atomic E-state index is 11.7. The molecule has 0 aliphatic heterocycles. The Morgan fingerprint density at radius 3 is 2.68 bits per heavy atom. The van der Waals surface area contributed by atoms with Crippen LogP contribution in [0.2, 0.25) is 0 Å². The number of nitro groups is 1. The fraction of sp³-hybridized carbons (Fsp3) is 0.167. The first-order chi connectivity index (χ1) is 10.5. The summed E-state index contributed by atoms with van der Waals surface area (Å²) in [5.74, 6) is -0.842. The first kappa shape index (κ1) is 15.1. The zero-order valence-corrected chi connectivity index (χ0v) is 11.5. The topological polar surface area (TPSA) is 128 Å². The molecule has 114 valence electrons. The van der Waals surface area contributed by atoms with Crippen LogP contribution >= 0.6 is 0 Å². The minimum absolute atomic E-state index is 0.0342. The lowest BCUT2D eigenvalue weighted by atomic mass is 10.1. The Hall–Kier alpha value is -3.30. The summed E-state index contributed by atoms with van der Waals surface area (Å²) < 4.78 is 0. The molecular weight excluding hydrogens is 290 g/mol. The molecule has 0 atom stereocenters. The lowest BCUT2D eigenvalue weighted by Crippen LogP contribution is -2.38. The second-order valence-electron chi connectivity index (χ2n) is 4.32. The van der Waals surface area contributed by atoms with E-state index in [4.69, 9.17) is 0 Å². The SMILES string of the molecule is C=C(Cn1nnc([N+](=O)[O-])n1)NNC(=O)Cc1ccccc1. The Kier molecular flexibility index (Phi) is 4.75. The van der Waals surface area contributed by atoms with Crippen LogP contribution in [0.1, 0.15) is 5.56 Å². The molecule has 0 saturated heterocycles. The Balaban J connectivity index is 1.77. The molecule has 1 amide bonds. The van der Waals surface area contributed by atoms with Gasteiger partial charge in [0.15, 0.2) is 0 Å². The third-order valence-corrected chi connectivity index (χ3v) is 2.52. The summed E-state index contributed by atoms with van der Waals surface area (Å²) in [6.45, 7) is 3.69. The van der Waals surface area contributed by atoms with Gasteiger partial charge in [-0.3, -0.25) is 10.2 Å². The number of carbonyl (C=O) groups is 1. The van der Waals surface area contributed by atoms with E-state index in [-0.39, 0.29) is 18.9 Å². The van der Waals surface area contributed by atoms with Crippen LogP contribution in [0.4, 0.5) is 5.95 Å². The summed E-state index contributed by atoms with van der Waals surface area (Å²) in [7, 11) is 0. The molecule has 1 heterocycles. The number of tetrazole rings is 1. The van der Waals surface area contributed by atoms with Gasteiger partial charge in [-0.15, -0.1) is 0 Å². The monoisotopic (exact) mass is 303 g/mol. The number of amides is 1. The molecule has 1 aromatic heterocycles. The van der Waals surface area contributed by atoms with Crippen molar-refractivity contribution < 1.29 is 9.72 Å². The highest BCUT2D eigenvalue weighted by atomic mass is 16.6. The molecule has 10 heteroatoms. The maximum Gasteiger partial charge on any atom is 0.514 e. The lowest BCUT2D eigenvalue weighted by molar-refractivity contribution is -0.394. The molecule has 0 spiro atoms. The zero-order chi connectivity index (χ0) is 15.9. The lowest BCUT2D eigenvalue weighted by Gasteiger charge is -2.09. The molecule has 2 rings (SSSR count). The highest BCUT2D eigenvalue weighted by Crippen LogP contribution is 2.00. The minimum atomic E-state index is -0.749. The average molecular weight is 303 g/mol. The number of allylic oxidation sites excluding steroid dienone is 1. The van der Waals surface area contributed by atoms with Gasteiger partial charge in [0, 0.05) is 10.9 Å². The van der Waals surface area contributed by atoms with Gasteiger partial charge in [-0.1, -0.05) is 41.7 Å². The molecular formula is C12H13N7O3. The van der Waals surface area contributed by atoms with Gasteiger partial charge in [0.25, 0.3) is 0 Å². The summed E-state index contributed by atoms with van der Waals surface area (Å²) in [5, 5.41) is 20.7. The second kappa shape index (κ2) is 6.92. The van der Waals surface area contributed by atoms with Gasteiger partial charge >= 0.3 is 5.95 Å². The standard InChI is InChI=1S/C12H13N7O3/c1-9(8-18-16-12(15-17-18)19(21)22)13-14-11(20)7-10-5-3-2-4-6-10/h2-6,13H,1,7-8H2,(H,14,20). The van der Waals surface area contributed by atoms with Crippen molar-refractivity contribution in [2.24, 2.45) is 0 Å². The van der Waals surface area contributed by atoms with Crippen molar-refractivity contribution in [1.29, 1.82) is 0 Å². The minimum Gasteiger partial charge on any atom is -0.390 e. The van der Waals surface area contributed by atoms with E-state index in [1.807, 2.05) is 30.3 Å². The van der Waals surface area contributed by atoms with E-state index in [2.05, 4.69) is 32.8 Å². The van der Waals surface area contributed by atoms with Crippen molar-refractivity contribution >= 4 is 11.9 Å². The van der Waals surface area contributed by atoms with Crippen LogP contribution < -0.4 is 10.9 Å². The number of hydrazine groups is 1. The molecule has 0 bridgehead atoms.